The summed E-state index contributed by atoms with van der Waals surface area (Å²) < 4.78 is 2.42. The number of alkyl halides is 1. The Balaban J connectivity index is 2.06. The molecule has 0 aliphatic heterocycles. The Labute approximate surface area is 110 Å². The molecule has 0 unspecified atom stereocenters. The van der Waals surface area contributed by atoms with E-state index in [2.05, 4.69) is 51.7 Å². The fraction of sp³-hybridized carbons (Fsp3) is 0.500. The maximum atomic E-state index is 4.73. The van der Waals surface area contributed by atoms with Gasteiger partial charge in [-0.1, -0.05) is 35.0 Å². The molecule has 3 heteroatoms. The van der Waals surface area contributed by atoms with E-state index in [0.29, 0.717) is 5.41 Å². The second-order valence-corrected chi connectivity index (χ2v) is 5.65. The van der Waals surface area contributed by atoms with Gasteiger partial charge in [0.1, 0.15) is 5.82 Å². The molecule has 17 heavy (non-hydrogen) atoms. The van der Waals surface area contributed by atoms with E-state index in [1.807, 2.05) is 0 Å². The Morgan fingerprint density at radius 3 is 2.76 bits per heavy atom. The first-order valence-corrected chi connectivity index (χ1v) is 7.40. The van der Waals surface area contributed by atoms with E-state index in [4.69, 9.17) is 4.98 Å². The fourth-order valence-corrected chi connectivity index (χ4v) is 3.16. The van der Waals surface area contributed by atoms with Gasteiger partial charge in [-0.05, 0) is 30.4 Å². The second kappa shape index (κ2) is 4.13. The molecule has 1 aliphatic rings. The molecule has 2 nitrogen and oxygen atoms in total. The van der Waals surface area contributed by atoms with Crippen LogP contribution in [0.3, 0.4) is 0 Å². The van der Waals surface area contributed by atoms with Gasteiger partial charge in [-0.25, -0.2) is 4.98 Å². The number of para-hydroxylation sites is 2. The van der Waals surface area contributed by atoms with Crippen LogP contribution in [0.4, 0.5) is 0 Å². The summed E-state index contributed by atoms with van der Waals surface area (Å²) in [7, 11) is 0. The number of hydrogen-bond donors (Lipinski definition) is 0. The van der Waals surface area contributed by atoms with Crippen LogP contribution in [0.5, 0.6) is 0 Å². The molecule has 0 atom stereocenters. The van der Waals surface area contributed by atoms with Crippen molar-refractivity contribution in [1.29, 1.82) is 0 Å². The van der Waals surface area contributed by atoms with Crippen LogP contribution >= 0.6 is 15.9 Å². The Hall–Kier alpha value is -0.830. The molecule has 2 aromatic rings. The van der Waals surface area contributed by atoms with Crippen molar-refractivity contribution in [2.45, 2.75) is 32.7 Å². The summed E-state index contributed by atoms with van der Waals surface area (Å²) in [6, 6.07) is 8.47. The number of hydrogen-bond acceptors (Lipinski definition) is 1. The summed E-state index contributed by atoms with van der Waals surface area (Å²) in [5, 5.41) is 1.11. The van der Waals surface area contributed by atoms with E-state index in [1.54, 1.807) is 0 Å². The Bertz CT molecular complexity index is 540. The number of benzene rings is 1. The molecule has 90 valence electrons. The van der Waals surface area contributed by atoms with Gasteiger partial charge in [0.05, 0.1) is 11.0 Å². The molecule has 0 bridgehead atoms. The molecular weight excluding hydrogens is 276 g/mol. The van der Waals surface area contributed by atoms with Gasteiger partial charge in [-0.3, -0.25) is 0 Å². The predicted octanol–water partition coefficient (Wildman–Crippen LogP) is 3.77. The number of aromatic nitrogens is 2. The number of nitrogens with zero attached hydrogens (tertiary/aromatic N) is 2. The monoisotopic (exact) mass is 292 g/mol. The molecule has 0 saturated heterocycles. The lowest BCUT2D eigenvalue weighted by molar-refractivity contribution is 0.473. The minimum absolute atomic E-state index is 0.493. The third-order valence-corrected chi connectivity index (χ3v) is 4.97. The molecule has 0 amide bonds. The standard InChI is InChI=1S/C14H17BrN2/c1-2-13-16-11-5-3-4-6-12(11)17(13)10-14(9-15)7-8-14/h3-6H,2,7-10H2,1H3. The van der Waals surface area contributed by atoms with Crippen LogP contribution in [-0.4, -0.2) is 14.9 Å². The van der Waals surface area contributed by atoms with Crippen molar-refractivity contribution in [3.63, 3.8) is 0 Å². The van der Waals surface area contributed by atoms with Gasteiger partial charge in [0.15, 0.2) is 0 Å². The fourth-order valence-electron chi connectivity index (χ4n) is 2.42. The molecule has 1 saturated carbocycles. The first-order chi connectivity index (χ1) is 8.28. The molecule has 1 aromatic heterocycles. The van der Waals surface area contributed by atoms with Crippen LogP contribution in [0.25, 0.3) is 11.0 Å². The van der Waals surface area contributed by atoms with Crippen LogP contribution < -0.4 is 0 Å². The van der Waals surface area contributed by atoms with Crippen molar-refractivity contribution < 1.29 is 0 Å². The van der Waals surface area contributed by atoms with Gasteiger partial charge in [0, 0.05) is 18.3 Å². The van der Waals surface area contributed by atoms with Crippen molar-refractivity contribution in [2.24, 2.45) is 5.41 Å². The molecular formula is C14H17BrN2. The van der Waals surface area contributed by atoms with E-state index in [9.17, 15) is 0 Å². The Morgan fingerprint density at radius 1 is 1.35 bits per heavy atom. The molecule has 0 radical (unpaired) electrons. The van der Waals surface area contributed by atoms with Gasteiger partial charge >= 0.3 is 0 Å². The number of aryl methyl sites for hydroxylation is 1. The van der Waals surface area contributed by atoms with Gasteiger partial charge in [0.25, 0.3) is 0 Å². The number of imidazole rings is 1. The first kappa shape index (κ1) is 11.3. The minimum atomic E-state index is 0.493. The maximum absolute atomic E-state index is 4.73. The van der Waals surface area contributed by atoms with Crippen LogP contribution in [0.1, 0.15) is 25.6 Å². The van der Waals surface area contributed by atoms with E-state index in [1.165, 1.54) is 24.2 Å². The topological polar surface area (TPSA) is 17.8 Å². The van der Waals surface area contributed by atoms with Crippen LogP contribution in [0.15, 0.2) is 24.3 Å². The van der Waals surface area contributed by atoms with Crippen molar-refractivity contribution in [1.82, 2.24) is 9.55 Å². The average Bonchev–Trinajstić information content (AvgIpc) is 3.06. The Kier molecular flexibility index (Phi) is 2.74. The lowest BCUT2D eigenvalue weighted by atomic mass is 10.1. The van der Waals surface area contributed by atoms with Crippen molar-refractivity contribution in [2.75, 3.05) is 5.33 Å². The highest BCUT2D eigenvalue weighted by molar-refractivity contribution is 9.09. The smallest absolute Gasteiger partial charge is 0.109 e. The quantitative estimate of drug-likeness (QED) is 0.785. The third-order valence-electron chi connectivity index (χ3n) is 3.78. The van der Waals surface area contributed by atoms with Crippen LogP contribution in [-0.2, 0) is 13.0 Å². The summed E-state index contributed by atoms with van der Waals surface area (Å²) in [6.07, 6.45) is 3.69. The summed E-state index contributed by atoms with van der Waals surface area (Å²) >= 11 is 3.66. The number of rotatable bonds is 4. The lowest BCUT2D eigenvalue weighted by Gasteiger charge is -2.15. The van der Waals surface area contributed by atoms with Crippen molar-refractivity contribution >= 4 is 27.0 Å². The highest BCUT2D eigenvalue weighted by Crippen LogP contribution is 2.49. The third kappa shape index (κ3) is 1.90. The summed E-state index contributed by atoms with van der Waals surface area (Å²) in [4.78, 5) is 4.73. The normalized spacial score (nSPS) is 17.5. The van der Waals surface area contributed by atoms with Crippen LogP contribution in [0, 0.1) is 5.41 Å². The molecule has 1 fully saturated rings. The van der Waals surface area contributed by atoms with Gasteiger partial charge in [-0.2, -0.15) is 0 Å². The lowest BCUT2D eigenvalue weighted by Crippen LogP contribution is -2.15. The zero-order valence-corrected chi connectivity index (χ0v) is 11.7. The molecule has 1 aromatic carbocycles. The zero-order chi connectivity index (χ0) is 11.9. The zero-order valence-electron chi connectivity index (χ0n) is 10.1. The first-order valence-electron chi connectivity index (χ1n) is 6.28. The van der Waals surface area contributed by atoms with E-state index in [0.717, 1.165) is 23.8 Å². The summed E-state index contributed by atoms with van der Waals surface area (Å²) in [6.45, 7) is 3.30. The predicted molar refractivity (Wildman–Crippen MR) is 74.6 cm³/mol. The van der Waals surface area contributed by atoms with E-state index >= 15 is 0 Å². The van der Waals surface area contributed by atoms with Crippen molar-refractivity contribution in [3.05, 3.63) is 30.1 Å². The number of fused-ring (bicyclic) bond motifs is 1. The molecule has 0 spiro atoms. The Morgan fingerprint density at radius 2 is 2.12 bits per heavy atom. The molecule has 3 rings (SSSR count). The molecule has 1 aliphatic carbocycles. The van der Waals surface area contributed by atoms with Gasteiger partial charge < -0.3 is 4.57 Å². The molecule has 0 N–H and O–H groups in total. The highest BCUT2D eigenvalue weighted by Gasteiger charge is 2.42. The van der Waals surface area contributed by atoms with Crippen LogP contribution in [0.2, 0.25) is 0 Å². The maximum Gasteiger partial charge on any atom is 0.109 e. The molecule has 1 heterocycles. The average molecular weight is 293 g/mol. The van der Waals surface area contributed by atoms with Gasteiger partial charge in [-0.15, -0.1) is 0 Å². The van der Waals surface area contributed by atoms with Crippen molar-refractivity contribution in [3.8, 4) is 0 Å². The SMILES string of the molecule is CCc1nc2ccccc2n1CC1(CBr)CC1. The highest BCUT2D eigenvalue weighted by atomic mass is 79.9. The largest absolute Gasteiger partial charge is 0.327 e. The second-order valence-electron chi connectivity index (χ2n) is 5.09. The number of halogens is 1. The van der Waals surface area contributed by atoms with E-state index < -0.39 is 0 Å². The minimum Gasteiger partial charge on any atom is -0.327 e. The van der Waals surface area contributed by atoms with Gasteiger partial charge in [0.2, 0.25) is 0 Å². The summed E-state index contributed by atoms with van der Waals surface area (Å²) in [5.74, 6) is 1.22. The summed E-state index contributed by atoms with van der Waals surface area (Å²) in [5.41, 5.74) is 2.92. The van der Waals surface area contributed by atoms with E-state index in [-0.39, 0.29) is 0 Å².